The Morgan fingerprint density at radius 2 is 2.26 bits per heavy atom. The number of hydrogen-bond acceptors (Lipinski definition) is 4. The Kier molecular flexibility index (Phi) is 3.31. The van der Waals surface area contributed by atoms with Gasteiger partial charge in [0.1, 0.15) is 22.8 Å². The van der Waals surface area contributed by atoms with E-state index in [1.54, 1.807) is 6.07 Å². The van der Waals surface area contributed by atoms with Gasteiger partial charge in [-0.15, -0.1) is 0 Å². The van der Waals surface area contributed by atoms with Crippen LogP contribution in [-0.2, 0) is 4.79 Å². The van der Waals surface area contributed by atoms with Crippen molar-refractivity contribution in [3.05, 3.63) is 17.0 Å². The molecule has 1 atom stereocenters. The van der Waals surface area contributed by atoms with Crippen LogP contribution < -0.4 is 10.2 Å². The molecule has 6 heteroatoms. The number of anilines is 1. The predicted octanol–water partition coefficient (Wildman–Crippen LogP) is 1.72. The fourth-order valence-corrected chi connectivity index (χ4v) is 2.67. The Hall–Kier alpha value is -1.36. The molecule has 19 heavy (non-hydrogen) atoms. The Bertz CT molecular complexity index is 503. The van der Waals surface area contributed by atoms with Crippen LogP contribution in [0.1, 0.15) is 37.9 Å². The summed E-state index contributed by atoms with van der Waals surface area (Å²) in [5.41, 5.74) is 0. The maximum absolute atomic E-state index is 11.9. The van der Waals surface area contributed by atoms with Crippen molar-refractivity contribution in [1.82, 2.24) is 15.3 Å². The van der Waals surface area contributed by atoms with Crippen LogP contribution in [0.25, 0.3) is 0 Å². The summed E-state index contributed by atoms with van der Waals surface area (Å²) in [5, 5.41) is 3.36. The zero-order valence-electron chi connectivity index (χ0n) is 10.9. The smallest absolute Gasteiger partial charge is 0.242 e. The van der Waals surface area contributed by atoms with E-state index < -0.39 is 0 Å². The van der Waals surface area contributed by atoms with Gasteiger partial charge in [0.05, 0.1) is 0 Å². The van der Waals surface area contributed by atoms with Crippen molar-refractivity contribution in [3.8, 4) is 0 Å². The highest BCUT2D eigenvalue weighted by Crippen LogP contribution is 2.39. The van der Waals surface area contributed by atoms with E-state index in [1.165, 1.54) is 0 Å². The molecule has 3 rings (SSSR count). The van der Waals surface area contributed by atoms with Crippen LogP contribution in [0.4, 0.5) is 5.82 Å². The van der Waals surface area contributed by atoms with E-state index in [2.05, 4.69) is 15.3 Å². The Morgan fingerprint density at radius 1 is 1.47 bits per heavy atom. The molecular formula is C13H17ClN4O. The average molecular weight is 281 g/mol. The van der Waals surface area contributed by atoms with Crippen LogP contribution in [0.3, 0.4) is 0 Å². The summed E-state index contributed by atoms with van der Waals surface area (Å²) in [4.78, 5) is 22.8. The van der Waals surface area contributed by atoms with Crippen LogP contribution in [-0.4, -0.2) is 35.0 Å². The van der Waals surface area contributed by atoms with E-state index in [-0.39, 0.29) is 11.9 Å². The predicted molar refractivity (Wildman–Crippen MR) is 73.5 cm³/mol. The number of nitrogens with zero attached hydrogens (tertiary/aromatic N) is 3. The first-order valence-electron chi connectivity index (χ1n) is 6.78. The third-order valence-corrected chi connectivity index (χ3v) is 3.85. The molecule has 2 heterocycles. The maximum atomic E-state index is 11.9. The molecule has 1 aromatic heterocycles. The topological polar surface area (TPSA) is 58.1 Å². The van der Waals surface area contributed by atoms with Crippen LogP contribution in [0.2, 0.25) is 5.15 Å². The van der Waals surface area contributed by atoms with Gasteiger partial charge in [0, 0.05) is 25.1 Å². The molecule has 1 amide bonds. The zero-order valence-corrected chi connectivity index (χ0v) is 11.7. The van der Waals surface area contributed by atoms with Gasteiger partial charge < -0.3 is 10.2 Å². The minimum absolute atomic E-state index is 0.0662. The molecule has 1 saturated carbocycles. The molecule has 1 aromatic rings. The van der Waals surface area contributed by atoms with E-state index >= 15 is 0 Å². The van der Waals surface area contributed by atoms with Crippen molar-refractivity contribution in [2.24, 2.45) is 0 Å². The molecular weight excluding hydrogens is 264 g/mol. The van der Waals surface area contributed by atoms with Crippen LogP contribution in [0.15, 0.2) is 6.07 Å². The molecule has 1 aliphatic carbocycles. The lowest BCUT2D eigenvalue weighted by Gasteiger charge is -2.35. The molecule has 2 aliphatic rings. The lowest BCUT2D eigenvalue weighted by molar-refractivity contribution is -0.123. The first-order valence-corrected chi connectivity index (χ1v) is 7.15. The van der Waals surface area contributed by atoms with Crippen molar-refractivity contribution in [2.75, 3.05) is 18.0 Å². The van der Waals surface area contributed by atoms with E-state index in [0.717, 1.165) is 37.4 Å². The Labute approximate surface area is 117 Å². The summed E-state index contributed by atoms with van der Waals surface area (Å²) in [7, 11) is 0. The highest BCUT2D eigenvalue weighted by atomic mass is 35.5. The third-order valence-electron chi connectivity index (χ3n) is 3.65. The molecule has 0 aromatic carbocycles. The quantitative estimate of drug-likeness (QED) is 0.857. The molecule has 1 saturated heterocycles. The molecule has 0 bridgehead atoms. The first-order chi connectivity index (χ1) is 9.19. The van der Waals surface area contributed by atoms with Gasteiger partial charge in [0.15, 0.2) is 0 Å². The van der Waals surface area contributed by atoms with E-state index in [0.29, 0.717) is 17.6 Å². The number of halogens is 1. The van der Waals surface area contributed by atoms with Gasteiger partial charge in [-0.3, -0.25) is 4.79 Å². The second-order valence-corrected chi connectivity index (χ2v) is 5.48. The van der Waals surface area contributed by atoms with Gasteiger partial charge in [0.25, 0.3) is 0 Å². The summed E-state index contributed by atoms with van der Waals surface area (Å²) < 4.78 is 0. The standard InChI is InChI=1S/C13H17ClN4O/c1-2-9-13(19)15-5-6-18(9)11-7-10(14)16-12(17-11)8-3-4-8/h7-9H,2-6H2,1H3,(H,15,19). The lowest BCUT2D eigenvalue weighted by atomic mass is 10.1. The van der Waals surface area contributed by atoms with Crippen molar-refractivity contribution < 1.29 is 4.79 Å². The van der Waals surface area contributed by atoms with Crippen molar-refractivity contribution >= 4 is 23.3 Å². The van der Waals surface area contributed by atoms with E-state index in [4.69, 9.17) is 11.6 Å². The van der Waals surface area contributed by atoms with Crippen molar-refractivity contribution in [1.29, 1.82) is 0 Å². The van der Waals surface area contributed by atoms with Crippen molar-refractivity contribution in [2.45, 2.75) is 38.1 Å². The molecule has 0 radical (unpaired) electrons. The van der Waals surface area contributed by atoms with Gasteiger partial charge >= 0.3 is 0 Å². The van der Waals surface area contributed by atoms with E-state index in [9.17, 15) is 4.79 Å². The summed E-state index contributed by atoms with van der Waals surface area (Å²) >= 11 is 6.09. The van der Waals surface area contributed by atoms with Gasteiger partial charge in [-0.25, -0.2) is 9.97 Å². The second kappa shape index (κ2) is 4.96. The first kappa shape index (κ1) is 12.7. The van der Waals surface area contributed by atoms with Crippen LogP contribution in [0, 0.1) is 0 Å². The molecule has 2 fully saturated rings. The minimum Gasteiger partial charge on any atom is -0.353 e. The van der Waals surface area contributed by atoms with Crippen molar-refractivity contribution in [3.63, 3.8) is 0 Å². The van der Waals surface area contributed by atoms with Gasteiger partial charge in [-0.1, -0.05) is 18.5 Å². The number of rotatable bonds is 3. The Morgan fingerprint density at radius 3 is 2.95 bits per heavy atom. The number of carbonyl (C=O) groups excluding carboxylic acids is 1. The normalized spacial score (nSPS) is 23.4. The van der Waals surface area contributed by atoms with Gasteiger partial charge in [0.2, 0.25) is 5.91 Å². The van der Waals surface area contributed by atoms with E-state index in [1.807, 2.05) is 11.8 Å². The van der Waals surface area contributed by atoms with Crippen LogP contribution >= 0.6 is 11.6 Å². The number of nitrogens with one attached hydrogen (secondary N) is 1. The highest BCUT2D eigenvalue weighted by molar-refractivity contribution is 6.29. The largest absolute Gasteiger partial charge is 0.353 e. The number of aromatic nitrogens is 2. The van der Waals surface area contributed by atoms with Gasteiger partial charge in [-0.2, -0.15) is 0 Å². The SMILES string of the molecule is CCC1C(=O)NCCN1c1cc(Cl)nc(C2CC2)n1. The molecule has 5 nitrogen and oxygen atoms in total. The fourth-order valence-electron chi connectivity index (χ4n) is 2.49. The third kappa shape index (κ3) is 2.52. The molecule has 1 unspecified atom stereocenters. The Balaban J connectivity index is 1.93. The molecule has 1 N–H and O–H groups in total. The van der Waals surface area contributed by atoms with Crippen LogP contribution in [0.5, 0.6) is 0 Å². The number of piperazine rings is 1. The number of hydrogen-bond donors (Lipinski definition) is 1. The monoisotopic (exact) mass is 280 g/mol. The lowest BCUT2D eigenvalue weighted by Crippen LogP contribution is -2.55. The molecule has 102 valence electrons. The molecule has 1 aliphatic heterocycles. The fraction of sp³-hybridized carbons (Fsp3) is 0.615. The number of amides is 1. The maximum Gasteiger partial charge on any atom is 0.242 e. The highest BCUT2D eigenvalue weighted by Gasteiger charge is 2.32. The summed E-state index contributed by atoms with van der Waals surface area (Å²) in [6.07, 6.45) is 3.03. The summed E-state index contributed by atoms with van der Waals surface area (Å²) in [6, 6.07) is 1.60. The zero-order chi connectivity index (χ0) is 13.4. The average Bonchev–Trinajstić information content (AvgIpc) is 3.22. The minimum atomic E-state index is -0.160. The second-order valence-electron chi connectivity index (χ2n) is 5.09. The number of carbonyl (C=O) groups is 1. The summed E-state index contributed by atoms with van der Waals surface area (Å²) in [5.74, 6) is 2.12. The summed E-state index contributed by atoms with van der Waals surface area (Å²) in [6.45, 7) is 3.42. The van der Waals surface area contributed by atoms with Gasteiger partial charge in [-0.05, 0) is 19.3 Å². The molecule has 0 spiro atoms.